The van der Waals surface area contributed by atoms with Gasteiger partial charge < -0.3 is 10.4 Å². The first kappa shape index (κ1) is 20.8. The molecule has 3 heterocycles. The molecule has 0 aliphatic rings. The summed E-state index contributed by atoms with van der Waals surface area (Å²) >= 11 is 0.931. The first-order valence-electron chi connectivity index (χ1n) is 8.90. The molecular weight excluding hydrogens is 430 g/mol. The highest BCUT2D eigenvalue weighted by Crippen LogP contribution is 2.40. The molecule has 160 valence electrons. The van der Waals surface area contributed by atoms with Crippen LogP contribution in [0.5, 0.6) is 0 Å². The zero-order valence-corrected chi connectivity index (χ0v) is 17.1. The fourth-order valence-corrected chi connectivity index (χ4v) is 3.99. The van der Waals surface area contributed by atoms with Crippen molar-refractivity contribution in [3.63, 3.8) is 0 Å². The van der Waals surface area contributed by atoms with E-state index in [0.29, 0.717) is 11.3 Å². The summed E-state index contributed by atoms with van der Waals surface area (Å²) in [5.74, 6) is 3.15. The number of hydrogen-bond acceptors (Lipinski definition) is 9. The Morgan fingerprint density at radius 3 is 2.55 bits per heavy atom. The number of carbonyl (C=O) groups excluding carboxylic acids is 1. The fraction of sp³-hybridized carbons (Fsp3) is 0.158. The van der Waals surface area contributed by atoms with Gasteiger partial charge in [-0.15, -0.1) is 11.3 Å². The molecule has 0 saturated carbocycles. The summed E-state index contributed by atoms with van der Waals surface area (Å²) in [7, 11) is 0. The molecule has 5 N–H and O–H groups in total. The van der Waals surface area contributed by atoms with Crippen molar-refractivity contribution < 1.29 is 23.3 Å². The van der Waals surface area contributed by atoms with Crippen molar-refractivity contribution in [2.75, 3.05) is 5.32 Å². The van der Waals surface area contributed by atoms with Crippen LogP contribution in [0.15, 0.2) is 35.0 Å². The van der Waals surface area contributed by atoms with Gasteiger partial charge in [-0.25, -0.2) is 24.2 Å². The minimum absolute atomic E-state index is 0.0630. The highest BCUT2D eigenvalue weighted by atomic mass is 32.1. The van der Waals surface area contributed by atoms with Crippen LogP contribution < -0.4 is 16.6 Å². The van der Waals surface area contributed by atoms with E-state index in [1.807, 2.05) is 5.43 Å². The van der Waals surface area contributed by atoms with Crippen LogP contribution in [0.1, 0.15) is 29.8 Å². The lowest BCUT2D eigenvalue weighted by atomic mass is 9.96. The number of nitrogens with one attached hydrogen (secondary N) is 2. The van der Waals surface area contributed by atoms with Crippen LogP contribution in [0.3, 0.4) is 0 Å². The van der Waals surface area contributed by atoms with E-state index >= 15 is 0 Å². The number of nitrogen functional groups attached to an aromatic ring is 1. The number of hydrogen-bond donors (Lipinski definition) is 4. The van der Waals surface area contributed by atoms with Crippen LogP contribution in [-0.2, 0) is 5.60 Å². The smallest absolute Gasteiger partial charge is 0.268 e. The number of aromatic nitrogens is 3. The van der Waals surface area contributed by atoms with Crippen LogP contribution in [0.25, 0.3) is 21.6 Å². The quantitative estimate of drug-likeness (QED) is 0.208. The Morgan fingerprint density at radius 1 is 1.19 bits per heavy atom. The largest absolute Gasteiger partial charge is 0.386 e. The SMILES string of the molecule is CC(C)(O)c1cc(F)c(-c2cc(C(=O)NN)c(Nc3ccc4nonc4n3)s2)c(F)c1. The predicted molar refractivity (Wildman–Crippen MR) is 109 cm³/mol. The Kier molecular flexibility index (Phi) is 5.13. The summed E-state index contributed by atoms with van der Waals surface area (Å²) in [6.07, 6.45) is 0. The molecule has 0 saturated heterocycles. The lowest BCUT2D eigenvalue weighted by molar-refractivity contribution is 0.0778. The van der Waals surface area contributed by atoms with Gasteiger partial charge in [0.1, 0.15) is 22.5 Å². The molecule has 1 aromatic carbocycles. The summed E-state index contributed by atoms with van der Waals surface area (Å²) in [4.78, 5) is 16.6. The van der Waals surface area contributed by atoms with E-state index in [0.717, 1.165) is 23.5 Å². The van der Waals surface area contributed by atoms with Crippen LogP contribution in [-0.4, -0.2) is 26.3 Å². The Labute approximate surface area is 177 Å². The monoisotopic (exact) mass is 446 g/mol. The number of nitrogens with zero attached hydrogens (tertiary/aromatic N) is 3. The number of benzene rings is 1. The standard InChI is InChI=1S/C19H16F2N6O3S/c1-19(2,29)8-5-10(20)15(11(21)6-8)13-7-9(17(28)25-22)18(31-13)24-14-4-3-12-16(23-14)27-30-26-12/h3-7,29H,22H2,1-2H3,(H,25,28)(H,23,24,27). The number of thiophene rings is 1. The van der Waals surface area contributed by atoms with Crippen molar-refractivity contribution >= 4 is 39.2 Å². The number of amides is 1. The second kappa shape index (κ2) is 7.65. The van der Waals surface area contributed by atoms with E-state index in [9.17, 15) is 18.7 Å². The van der Waals surface area contributed by atoms with Gasteiger partial charge in [0.2, 0.25) is 5.65 Å². The highest BCUT2D eigenvalue weighted by molar-refractivity contribution is 7.20. The number of rotatable bonds is 5. The minimum atomic E-state index is -1.42. The van der Waals surface area contributed by atoms with Crippen molar-refractivity contribution in [1.82, 2.24) is 20.7 Å². The summed E-state index contributed by atoms with van der Waals surface area (Å²) < 4.78 is 34.2. The number of anilines is 2. The molecule has 0 unspecified atom stereocenters. The molecule has 9 nitrogen and oxygen atoms in total. The maximum Gasteiger partial charge on any atom is 0.268 e. The summed E-state index contributed by atoms with van der Waals surface area (Å²) in [5.41, 5.74) is 1.08. The molecule has 0 aliphatic heterocycles. The van der Waals surface area contributed by atoms with Gasteiger partial charge in [0, 0.05) is 4.88 Å². The molecule has 1 amide bonds. The fourth-order valence-electron chi connectivity index (χ4n) is 2.88. The van der Waals surface area contributed by atoms with Crippen LogP contribution in [0.2, 0.25) is 0 Å². The van der Waals surface area contributed by atoms with E-state index in [4.69, 9.17) is 5.84 Å². The number of carbonyl (C=O) groups is 1. The Bertz CT molecular complexity index is 1270. The number of nitrogens with two attached hydrogens (primary N) is 1. The molecule has 4 aromatic rings. The van der Waals surface area contributed by atoms with Crippen molar-refractivity contribution in [3.05, 3.63) is 53.1 Å². The van der Waals surface area contributed by atoms with E-state index in [1.165, 1.54) is 19.9 Å². The number of halogens is 2. The van der Waals surface area contributed by atoms with Crippen molar-refractivity contribution in [3.8, 4) is 10.4 Å². The molecule has 0 bridgehead atoms. The molecule has 0 spiro atoms. The van der Waals surface area contributed by atoms with Gasteiger partial charge >= 0.3 is 0 Å². The Balaban J connectivity index is 1.78. The zero-order chi connectivity index (χ0) is 22.3. The van der Waals surface area contributed by atoms with E-state index in [1.54, 1.807) is 12.1 Å². The molecule has 31 heavy (non-hydrogen) atoms. The zero-order valence-electron chi connectivity index (χ0n) is 16.2. The first-order valence-corrected chi connectivity index (χ1v) is 9.72. The molecule has 0 radical (unpaired) electrons. The maximum absolute atomic E-state index is 14.8. The third-order valence-corrected chi connectivity index (χ3v) is 5.53. The summed E-state index contributed by atoms with van der Waals surface area (Å²) in [6.45, 7) is 2.85. The third kappa shape index (κ3) is 3.95. The van der Waals surface area contributed by atoms with E-state index < -0.39 is 23.1 Å². The lowest BCUT2D eigenvalue weighted by Crippen LogP contribution is -2.30. The average Bonchev–Trinajstić information content (AvgIpc) is 3.33. The number of aliphatic hydroxyl groups is 1. The molecule has 0 fully saturated rings. The van der Waals surface area contributed by atoms with Crippen LogP contribution >= 0.6 is 11.3 Å². The summed E-state index contributed by atoms with van der Waals surface area (Å²) in [6, 6.07) is 6.61. The second-order valence-corrected chi connectivity index (χ2v) is 8.18. The van der Waals surface area contributed by atoms with Crippen LogP contribution in [0.4, 0.5) is 19.6 Å². The maximum atomic E-state index is 14.8. The molecular formula is C19H16F2N6O3S. The molecule has 4 rings (SSSR count). The van der Waals surface area contributed by atoms with Gasteiger partial charge in [-0.3, -0.25) is 10.2 Å². The molecule has 12 heteroatoms. The average molecular weight is 446 g/mol. The Morgan fingerprint density at radius 2 is 1.90 bits per heavy atom. The minimum Gasteiger partial charge on any atom is -0.386 e. The number of hydrazine groups is 1. The van der Waals surface area contributed by atoms with Gasteiger partial charge in [0.25, 0.3) is 5.91 Å². The van der Waals surface area contributed by atoms with Gasteiger partial charge in [0.05, 0.1) is 16.7 Å². The van der Waals surface area contributed by atoms with Crippen molar-refractivity contribution in [1.29, 1.82) is 0 Å². The van der Waals surface area contributed by atoms with Gasteiger partial charge in [0.15, 0.2) is 5.52 Å². The lowest BCUT2D eigenvalue weighted by Gasteiger charge is -2.18. The second-order valence-electron chi connectivity index (χ2n) is 7.13. The number of fused-ring (bicyclic) bond motifs is 1. The van der Waals surface area contributed by atoms with Crippen molar-refractivity contribution in [2.24, 2.45) is 5.84 Å². The van der Waals surface area contributed by atoms with E-state index in [-0.39, 0.29) is 32.2 Å². The molecule has 3 aromatic heterocycles. The topological polar surface area (TPSA) is 139 Å². The Hall–Kier alpha value is -3.48. The highest BCUT2D eigenvalue weighted by Gasteiger charge is 2.25. The van der Waals surface area contributed by atoms with Crippen molar-refractivity contribution in [2.45, 2.75) is 19.4 Å². The van der Waals surface area contributed by atoms with Gasteiger partial charge in [-0.1, -0.05) is 0 Å². The first-order chi connectivity index (χ1) is 14.7. The van der Waals surface area contributed by atoms with Gasteiger partial charge in [-0.05, 0) is 60.1 Å². The predicted octanol–water partition coefficient (Wildman–Crippen LogP) is 3.20. The summed E-state index contributed by atoms with van der Waals surface area (Å²) in [5, 5.41) is 20.5. The third-order valence-electron chi connectivity index (χ3n) is 4.47. The van der Waals surface area contributed by atoms with Crippen LogP contribution in [0, 0.1) is 11.6 Å². The molecule has 0 aliphatic carbocycles. The molecule has 0 atom stereocenters. The number of pyridine rings is 1. The van der Waals surface area contributed by atoms with E-state index in [2.05, 4.69) is 25.2 Å². The normalized spacial score (nSPS) is 11.7. The van der Waals surface area contributed by atoms with Gasteiger partial charge in [-0.2, -0.15) is 0 Å².